The van der Waals surface area contributed by atoms with E-state index in [1.807, 2.05) is 25.1 Å². The first-order valence-electron chi connectivity index (χ1n) is 7.02. The molecular formula is C16H19NO2. The Kier molecular flexibility index (Phi) is 3.28. The highest BCUT2D eigenvalue weighted by Gasteiger charge is 2.39. The van der Waals surface area contributed by atoms with E-state index in [0.29, 0.717) is 18.3 Å². The van der Waals surface area contributed by atoms with Gasteiger partial charge in [-0.2, -0.15) is 0 Å². The second kappa shape index (κ2) is 5.08. The molecule has 3 rings (SSSR count). The molecule has 1 amide bonds. The van der Waals surface area contributed by atoms with Gasteiger partial charge in [0.25, 0.3) is 0 Å². The van der Waals surface area contributed by atoms with Crippen LogP contribution in [-0.4, -0.2) is 12.5 Å². The Bertz CT molecular complexity index is 587. The standard InChI is InChI=1S/C16H19NO2/c1-2-4-16(18)17-10-11-9-14(11)12-5-3-6-15-13(12)7-8-19-15/h3,5-8,11,14H,2,4,9-10H2,1H3,(H,17,18)/t11-,14+/m0/s1. The van der Waals surface area contributed by atoms with Gasteiger partial charge in [0.05, 0.1) is 6.26 Å². The maximum absolute atomic E-state index is 11.5. The topological polar surface area (TPSA) is 42.2 Å². The normalized spacial score (nSPS) is 21.5. The number of nitrogens with one attached hydrogen (secondary N) is 1. The molecule has 3 nitrogen and oxygen atoms in total. The number of rotatable bonds is 5. The van der Waals surface area contributed by atoms with Crippen molar-refractivity contribution in [2.45, 2.75) is 32.1 Å². The summed E-state index contributed by atoms with van der Waals surface area (Å²) in [4.78, 5) is 11.5. The summed E-state index contributed by atoms with van der Waals surface area (Å²) in [7, 11) is 0. The molecule has 2 aromatic rings. The molecule has 0 bridgehead atoms. The van der Waals surface area contributed by atoms with Crippen molar-refractivity contribution in [3.63, 3.8) is 0 Å². The lowest BCUT2D eigenvalue weighted by Crippen LogP contribution is -2.25. The van der Waals surface area contributed by atoms with E-state index in [1.54, 1.807) is 6.26 Å². The van der Waals surface area contributed by atoms with Crippen LogP contribution in [0.4, 0.5) is 0 Å². The van der Waals surface area contributed by atoms with E-state index in [4.69, 9.17) is 4.42 Å². The molecule has 1 fully saturated rings. The van der Waals surface area contributed by atoms with Gasteiger partial charge in [-0.25, -0.2) is 0 Å². The van der Waals surface area contributed by atoms with Crippen molar-refractivity contribution in [3.05, 3.63) is 36.1 Å². The fraction of sp³-hybridized carbons (Fsp3) is 0.438. The molecule has 100 valence electrons. The molecule has 0 saturated heterocycles. The lowest BCUT2D eigenvalue weighted by Gasteiger charge is -2.04. The van der Waals surface area contributed by atoms with E-state index in [-0.39, 0.29) is 5.91 Å². The molecule has 1 aromatic heterocycles. The summed E-state index contributed by atoms with van der Waals surface area (Å²) in [6.45, 7) is 2.83. The van der Waals surface area contributed by atoms with E-state index in [0.717, 1.165) is 25.0 Å². The zero-order chi connectivity index (χ0) is 13.2. The Hall–Kier alpha value is -1.77. The smallest absolute Gasteiger partial charge is 0.219 e. The van der Waals surface area contributed by atoms with Gasteiger partial charge in [-0.3, -0.25) is 4.79 Å². The summed E-state index contributed by atoms with van der Waals surface area (Å²) in [5.74, 6) is 1.33. The van der Waals surface area contributed by atoms with Gasteiger partial charge in [-0.05, 0) is 42.4 Å². The SMILES string of the molecule is CCCC(=O)NC[C@@H]1C[C@H]1c1cccc2occc12. The van der Waals surface area contributed by atoms with Crippen LogP contribution in [0.15, 0.2) is 34.9 Å². The minimum Gasteiger partial charge on any atom is -0.464 e. The summed E-state index contributed by atoms with van der Waals surface area (Å²) in [6, 6.07) is 8.26. The van der Waals surface area contributed by atoms with Crippen molar-refractivity contribution in [1.82, 2.24) is 5.32 Å². The van der Waals surface area contributed by atoms with E-state index in [2.05, 4.69) is 11.4 Å². The van der Waals surface area contributed by atoms with Crippen molar-refractivity contribution >= 4 is 16.9 Å². The number of benzene rings is 1. The van der Waals surface area contributed by atoms with Gasteiger partial charge in [0.15, 0.2) is 0 Å². The molecule has 19 heavy (non-hydrogen) atoms. The molecule has 1 aliphatic carbocycles. The van der Waals surface area contributed by atoms with Crippen molar-refractivity contribution < 1.29 is 9.21 Å². The predicted octanol–water partition coefficient (Wildman–Crippen LogP) is 3.45. The number of carbonyl (C=O) groups excluding carboxylic acids is 1. The number of furan rings is 1. The molecule has 1 saturated carbocycles. The van der Waals surface area contributed by atoms with E-state index in [9.17, 15) is 4.79 Å². The van der Waals surface area contributed by atoms with Crippen molar-refractivity contribution in [2.75, 3.05) is 6.54 Å². The van der Waals surface area contributed by atoms with Crippen LogP contribution in [-0.2, 0) is 4.79 Å². The fourth-order valence-electron chi connectivity index (χ4n) is 2.76. The summed E-state index contributed by atoms with van der Waals surface area (Å²) < 4.78 is 5.43. The highest BCUT2D eigenvalue weighted by Crippen LogP contribution is 2.49. The maximum Gasteiger partial charge on any atom is 0.219 e. The third-order valence-corrected chi connectivity index (χ3v) is 3.89. The first-order chi connectivity index (χ1) is 9.29. The molecular weight excluding hydrogens is 238 g/mol. The zero-order valence-corrected chi connectivity index (χ0v) is 11.2. The summed E-state index contributed by atoms with van der Waals surface area (Å²) in [5, 5.41) is 4.24. The summed E-state index contributed by atoms with van der Waals surface area (Å²) in [5.41, 5.74) is 2.32. The van der Waals surface area contributed by atoms with Crippen molar-refractivity contribution in [1.29, 1.82) is 0 Å². The fourth-order valence-corrected chi connectivity index (χ4v) is 2.76. The Morgan fingerprint density at radius 1 is 1.42 bits per heavy atom. The van der Waals surface area contributed by atoms with Gasteiger partial charge in [0, 0.05) is 18.4 Å². The van der Waals surface area contributed by atoms with Gasteiger partial charge in [-0.15, -0.1) is 0 Å². The third kappa shape index (κ3) is 2.50. The average Bonchev–Trinajstić information content (AvgIpc) is 3.02. The monoisotopic (exact) mass is 257 g/mol. The lowest BCUT2D eigenvalue weighted by molar-refractivity contribution is -0.121. The largest absolute Gasteiger partial charge is 0.464 e. The summed E-state index contributed by atoms with van der Waals surface area (Å²) in [6.07, 6.45) is 4.45. The maximum atomic E-state index is 11.5. The molecule has 1 heterocycles. The van der Waals surface area contributed by atoms with Crippen LogP contribution >= 0.6 is 0 Å². The molecule has 0 aliphatic heterocycles. The van der Waals surface area contributed by atoms with Crippen LogP contribution in [0.1, 0.15) is 37.7 Å². The second-order valence-corrected chi connectivity index (χ2v) is 5.34. The Morgan fingerprint density at radius 3 is 3.16 bits per heavy atom. The van der Waals surface area contributed by atoms with Crippen LogP contribution < -0.4 is 5.32 Å². The second-order valence-electron chi connectivity index (χ2n) is 5.34. The minimum absolute atomic E-state index is 0.176. The number of amides is 1. The van der Waals surface area contributed by atoms with Gasteiger partial charge >= 0.3 is 0 Å². The van der Waals surface area contributed by atoms with Crippen LogP contribution in [0, 0.1) is 5.92 Å². The van der Waals surface area contributed by atoms with Gasteiger partial charge < -0.3 is 9.73 Å². The van der Waals surface area contributed by atoms with Gasteiger partial charge in [0.1, 0.15) is 5.58 Å². The van der Waals surface area contributed by atoms with Gasteiger partial charge in [0.2, 0.25) is 5.91 Å². The number of fused-ring (bicyclic) bond motifs is 1. The predicted molar refractivity (Wildman–Crippen MR) is 75.0 cm³/mol. The molecule has 1 aliphatic rings. The molecule has 0 unspecified atom stereocenters. The average molecular weight is 257 g/mol. The van der Waals surface area contributed by atoms with E-state index < -0.39 is 0 Å². The Morgan fingerprint density at radius 2 is 2.32 bits per heavy atom. The molecule has 3 heteroatoms. The van der Waals surface area contributed by atoms with Crippen LogP contribution in [0.5, 0.6) is 0 Å². The van der Waals surface area contributed by atoms with Crippen molar-refractivity contribution in [3.8, 4) is 0 Å². The van der Waals surface area contributed by atoms with E-state index >= 15 is 0 Å². The molecule has 0 radical (unpaired) electrons. The summed E-state index contributed by atoms with van der Waals surface area (Å²) >= 11 is 0. The first-order valence-corrected chi connectivity index (χ1v) is 7.02. The third-order valence-electron chi connectivity index (χ3n) is 3.89. The van der Waals surface area contributed by atoms with Gasteiger partial charge in [-0.1, -0.05) is 19.1 Å². The first kappa shape index (κ1) is 12.3. The zero-order valence-electron chi connectivity index (χ0n) is 11.2. The Labute approximate surface area is 113 Å². The minimum atomic E-state index is 0.176. The van der Waals surface area contributed by atoms with Crippen molar-refractivity contribution in [2.24, 2.45) is 5.92 Å². The van der Waals surface area contributed by atoms with Crippen LogP contribution in [0.2, 0.25) is 0 Å². The number of hydrogen-bond acceptors (Lipinski definition) is 2. The quantitative estimate of drug-likeness (QED) is 0.891. The highest BCUT2D eigenvalue weighted by atomic mass is 16.3. The highest BCUT2D eigenvalue weighted by molar-refractivity contribution is 5.82. The van der Waals surface area contributed by atoms with E-state index in [1.165, 1.54) is 10.9 Å². The number of carbonyl (C=O) groups is 1. The molecule has 0 spiro atoms. The number of hydrogen-bond donors (Lipinski definition) is 1. The Balaban J connectivity index is 1.63. The van der Waals surface area contributed by atoms with Crippen LogP contribution in [0.25, 0.3) is 11.0 Å². The molecule has 1 N–H and O–H groups in total. The van der Waals surface area contributed by atoms with Crippen LogP contribution in [0.3, 0.4) is 0 Å². The molecule has 1 aromatic carbocycles. The molecule has 2 atom stereocenters. The lowest BCUT2D eigenvalue weighted by atomic mass is 10.0.